The van der Waals surface area contributed by atoms with E-state index in [9.17, 15) is 4.79 Å². The molecule has 1 amide bonds. The number of nitrogens with one attached hydrogen (secondary N) is 2. The van der Waals surface area contributed by atoms with Gasteiger partial charge in [0.15, 0.2) is 0 Å². The van der Waals surface area contributed by atoms with Crippen LogP contribution in [0.5, 0.6) is 0 Å². The predicted octanol–water partition coefficient (Wildman–Crippen LogP) is -0.260. The van der Waals surface area contributed by atoms with Crippen LogP contribution in [0.2, 0.25) is 0 Å². The van der Waals surface area contributed by atoms with Gasteiger partial charge >= 0.3 is 0 Å². The van der Waals surface area contributed by atoms with E-state index in [-0.39, 0.29) is 5.91 Å². The molecule has 2 fully saturated rings. The van der Waals surface area contributed by atoms with Crippen LogP contribution >= 0.6 is 0 Å². The van der Waals surface area contributed by atoms with E-state index in [1.54, 1.807) is 0 Å². The fraction of sp³-hybridized carbons (Fsp3) is 0.929. The van der Waals surface area contributed by atoms with Gasteiger partial charge < -0.3 is 15.5 Å². The first-order chi connectivity index (χ1) is 9.11. The van der Waals surface area contributed by atoms with Crippen LogP contribution in [0.15, 0.2) is 0 Å². The minimum absolute atomic E-state index is 0.155. The number of rotatable bonds is 5. The lowest BCUT2D eigenvalue weighted by atomic mass is 9.89. The topological polar surface area (TPSA) is 47.6 Å². The van der Waals surface area contributed by atoms with Gasteiger partial charge in [0.1, 0.15) is 0 Å². The van der Waals surface area contributed by atoms with Crippen molar-refractivity contribution in [1.82, 2.24) is 20.4 Å². The van der Waals surface area contributed by atoms with E-state index in [0.29, 0.717) is 12.0 Å². The Morgan fingerprint density at radius 3 is 2.53 bits per heavy atom. The maximum Gasteiger partial charge on any atom is 0.234 e. The Bertz CT molecular complexity index is 294. The number of carbonyl (C=O) groups is 1. The lowest BCUT2D eigenvalue weighted by Gasteiger charge is -2.38. The van der Waals surface area contributed by atoms with Crippen molar-refractivity contribution < 1.29 is 4.79 Å². The summed E-state index contributed by atoms with van der Waals surface area (Å²) in [4.78, 5) is 16.4. The van der Waals surface area contributed by atoms with E-state index in [0.717, 1.165) is 45.8 Å². The molecule has 5 nitrogen and oxygen atoms in total. The van der Waals surface area contributed by atoms with Crippen molar-refractivity contribution >= 4 is 5.91 Å². The third kappa shape index (κ3) is 4.44. The molecular weight excluding hydrogens is 240 g/mol. The first-order valence-electron chi connectivity index (χ1n) is 7.53. The quantitative estimate of drug-likeness (QED) is 0.721. The molecular formula is C14H28N4O. The molecule has 2 heterocycles. The summed E-state index contributed by atoms with van der Waals surface area (Å²) >= 11 is 0. The summed E-state index contributed by atoms with van der Waals surface area (Å²) in [6, 6.07) is 0. The van der Waals surface area contributed by atoms with Gasteiger partial charge in [-0.05, 0) is 25.3 Å². The summed E-state index contributed by atoms with van der Waals surface area (Å²) in [5.41, 5.74) is 0.446. The molecule has 2 rings (SSSR count). The molecule has 0 spiro atoms. The standard InChI is InChI=1S/C14H28N4O/c1-3-16-13(19)10-17-6-8-18(9-7-17)12-14(2)4-5-15-11-14/h15H,3-12H2,1-2H3,(H,16,19). The maximum atomic E-state index is 11.5. The fourth-order valence-electron chi connectivity index (χ4n) is 3.11. The molecule has 2 aliphatic rings. The summed E-state index contributed by atoms with van der Waals surface area (Å²) in [6.45, 7) is 13.3. The van der Waals surface area contributed by atoms with E-state index in [4.69, 9.17) is 0 Å². The number of piperazine rings is 1. The minimum Gasteiger partial charge on any atom is -0.355 e. The molecule has 1 unspecified atom stereocenters. The average molecular weight is 268 g/mol. The van der Waals surface area contributed by atoms with Crippen LogP contribution in [0.1, 0.15) is 20.3 Å². The van der Waals surface area contributed by atoms with E-state index >= 15 is 0 Å². The molecule has 1 atom stereocenters. The number of amides is 1. The highest BCUT2D eigenvalue weighted by Gasteiger charge is 2.31. The second kappa shape index (κ2) is 6.68. The third-order valence-electron chi connectivity index (χ3n) is 4.27. The molecule has 2 N–H and O–H groups in total. The Balaban J connectivity index is 1.69. The van der Waals surface area contributed by atoms with Crippen molar-refractivity contribution in [2.24, 2.45) is 5.41 Å². The molecule has 5 heteroatoms. The van der Waals surface area contributed by atoms with Gasteiger partial charge in [0.05, 0.1) is 6.54 Å². The molecule has 0 aromatic rings. The minimum atomic E-state index is 0.155. The van der Waals surface area contributed by atoms with Crippen LogP contribution in [-0.2, 0) is 4.79 Å². The Morgan fingerprint density at radius 2 is 1.95 bits per heavy atom. The molecule has 110 valence electrons. The number of hydrogen-bond donors (Lipinski definition) is 2. The summed E-state index contributed by atoms with van der Waals surface area (Å²) in [7, 11) is 0. The predicted molar refractivity (Wildman–Crippen MR) is 77.2 cm³/mol. The first-order valence-corrected chi connectivity index (χ1v) is 7.53. The van der Waals surface area contributed by atoms with Gasteiger partial charge in [-0.2, -0.15) is 0 Å². The molecule has 0 bridgehead atoms. The highest BCUT2D eigenvalue weighted by Crippen LogP contribution is 2.26. The van der Waals surface area contributed by atoms with Crippen LogP contribution in [0.25, 0.3) is 0 Å². The summed E-state index contributed by atoms with van der Waals surface area (Å²) in [6.07, 6.45) is 1.28. The van der Waals surface area contributed by atoms with E-state index in [2.05, 4.69) is 27.4 Å². The number of likely N-dealkylation sites (N-methyl/N-ethyl adjacent to an activating group) is 1. The SMILES string of the molecule is CCNC(=O)CN1CCN(CC2(C)CCNC2)CC1. The first kappa shape index (κ1) is 14.8. The normalized spacial score (nSPS) is 29.6. The molecule has 0 aliphatic carbocycles. The zero-order chi connectivity index (χ0) is 13.7. The van der Waals surface area contributed by atoms with Crippen LogP contribution < -0.4 is 10.6 Å². The summed E-state index contributed by atoms with van der Waals surface area (Å²) in [5.74, 6) is 0.155. The second-order valence-electron chi connectivity index (χ2n) is 6.24. The van der Waals surface area contributed by atoms with Crippen LogP contribution in [-0.4, -0.2) is 74.6 Å². The van der Waals surface area contributed by atoms with Gasteiger partial charge in [-0.3, -0.25) is 9.69 Å². The van der Waals surface area contributed by atoms with Gasteiger partial charge in [-0.25, -0.2) is 0 Å². The zero-order valence-corrected chi connectivity index (χ0v) is 12.4. The third-order valence-corrected chi connectivity index (χ3v) is 4.27. The van der Waals surface area contributed by atoms with Crippen molar-refractivity contribution in [2.75, 3.05) is 58.9 Å². The molecule has 0 radical (unpaired) electrons. The Hall–Kier alpha value is -0.650. The van der Waals surface area contributed by atoms with Gasteiger partial charge in [0, 0.05) is 45.8 Å². The monoisotopic (exact) mass is 268 g/mol. The van der Waals surface area contributed by atoms with Crippen molar-refractivity contribution in [1.29, 1.82) is 0 Å². The van der Waals surface area contributed by atoms with Crippen molar-refractivity contribution in [3.63, 3.8) is 0 Å². The molecule has 19 heavy (non-hydrogen) atoms. The summed E-state index contributed by atoms with van der Waals surface area (Å²) in [5, 5.41) is 6.33. The number of nitrogens with zero attached hydrogens (tertiary/aromatic N) is 2. The molecule has 0 aromatic heterocycles. The van der Waals surface area contributed by atoms with Gasteiger partial charge in [0.25, 0.3) is 0 Å². The van der Waals surface area contributed by atoms with Crippen molar-refractivity contribution in [3.05, 3.63) is 0 Å². The molecule has 0 saturated carbocycles. The fourth-order valence-corrected chi connectivity index (χ4v) is 3.11. The van der Waals surface area contributed by atoms with Gasteiger partial charge in [-0.15, -0.1) is 0 Å². The Kier molecular flexibility index (Phi) is 5.19. The second-order valence-corrected chi connectivity index (χ2v) is 6.24. The van der Waals surface area contributed by atoms with E-state index in [1.165, 1.54) is 13.0 Å². The molecule has 2 aliphatic heterocycles. The maximum absolute atomic E-state index is 11.5. The van der Waals surface area contributed by atoms with Crippen LogP contribution in [0.3, 0.4) is 0 Å². The van der Waals surface area contributed by atoms with E-state index in [1.807, 2.05) is 6.92 Å². The Morgan fingerprint density at radius 1 is 1.26 bits per heavy atom. The number of hydrogen-bond acceptors (Lipinski definition) is 4. The van der Waals surface area contributed by atoms with E-state index < -0.39 is 0 Å². The Labute approximate surface area is 116 Å². The van der Waals surface area contributed by atoms with Crippen molar-refractivity contribution in [3.8, 4) is 0 Å². The molecule has 2 saturated heterocycles. The lowest BCUT2D eigenvalue weighted by Crippen LogP contribution is -2.51. The summed E-state index contributed by atoms with van der Waals surface area (Å²) < 4.78 is 0. The smallest absolute Gasteiger partial charge is 0.234 e. The molecule has 0 aromatic carbocycles. The van der Waals surface area contributed by atoms with Crippen LogP contribution in [0.4, 0.5) is 0 Å². The van der Waals surface area contributed by atoms with Crippen molar-refractivity contribution in [2.45, 2.75) is 20.3 Å². The van der Waals surface area contributed by atoms with Crippen LogP contribution in [0, 0.1) is 5.41 Å². The van der Waals surface area contributed by atoms with Gasteiger partial charge in [0.2, 0.25) is 5.91 Å². The van der Waals surface area contributed by atoms with Gasteiger partial charge in [-0.1, -0.05) is 6.92 Å². The highest BCUT2D eigenvalue weighted by atomic mass is 16.2. The number of carbonyl (C=O) groups excluding carboxylic acids is 1. The average Bonchev–Trinajstić information content (AvgIpc) is 2.79. The largest absolute Gasteiger partial charge is 0.355 e. The zero-order valence-electron chi connectivity index (χ0n) is 12.4. The lowest BCUT2D eigenvalue weighted by molar-refractivity contribution is -0.122. The highest BCUT2D eigenvalue weighted by molar-refractivity contribution is 5.77.